The van der Waals surface area contributed by atoms with E-state index in [0.29, 0.717) is 12.5 Å². The zero-order chi connectivity index (χ0) is 20.3. The number of fused-ring (bicyclic) bond motifs is 1. The van der Waals surface area contributed by atoms with Crippen LogP contribution in [0.4, 0.5) is 18.9 Å². The Balaban J connectivity index is 1.57. The highest BCUT2D eigenvalue weighted by molar-refractivity contribution is 6.39. The van der Waals surface area contributed by atoms with Gasteiger partial charge < -0.3 is 15.6 Å². The summed E-state index contributed by atoms with van der Waals surface area (Å²) in [7, 11) is 0. The van der Waals surface area contributed by atoms with Crippen LogP contribution in [-0.4, -0.2) is 23.3 Å². The minimum atomic E-state index is -4.67. The Hall–Kier alpha value is -3.00. The predicted molar refractivity (Wildman–Crippen MR) is 100 cm³/mol. The van der Waals surface area contributed by atoms with Gasteiger partial charge in [0, 0.05) is 29.3 Å². The molecule has 2 aromatic carbocycles. The molecule has 1 aromatic heterocycles. The predicted octanol–water partition coefficient (Wildman–Crippen LogP) is 4.14. The Labute approximate surface area is 162 Å². The van der Waals surface area contributed by atoms with Gasteiger partial charge in [-0.2, -0.15) is 13.2 Å². The van der Waals surface area contributed by atoms with E-state index in [0.717, 1.165) is 22.5 Å². The number of hydrogen-bond acceptors (Lipinski definition) is 2. The molecule has 0 spiro atoms. The van der Waals surface area contributed by atoms with Crippen molar-refractivity contribution in [3.63, 3.8) is 0 Å². The fraction of sp³-hybridized carbons (Fsp3) is 0.158. The fourth-order valence-electron chi connectivity index (χ4n) is 2.74. The molecule has 2 amide bonds. The summed E-state index contributed by atoms with van der Waals surface area (Å²) >= 11 is 5.52. The van der Waals surface area contributed by atoms with Crippen molar-refractivity contribution in [2.45, 2.75) is 12.6 Å². The number of hydrogen-bond donors (Lipinski definition) is 3. The average Bonchev–Trinajstić information content (AvgIpc) is 3.05. The number of alkyl halides is 3. The number of H-pyrrole nitrogens is 1. The van der Waals surface area contributed by atoms with E-state index >= 15 is 0 Å². The van der Waals surface area contributed by atoms with E-state index in [1.165, 1.54) is 6.07 Å². The summed E-state index contributed by atoms with van der Waals surface area (Å²) in [6.45, 7) is 0.197. The Morgan fingerprint density at radius 3 is 2.57 bits per heavy atom. The van der Waals surface area contributed by atoms with Crippen molar-refractivity contribution >= 4 is 40.0 Å². The van der Waals surface area contributed by atoms with Crippen LogP contribution in [0.15, 0.2) is 48.7 Å². The molecule has 3 rings (SSSR count). The summed E-state index contributed by atoms with van der Waals surface area (Å²) in [5, 5.41) is 5.11. The highest BCUT2D eigenvalue weighted by Gasteiger charge is 2.33. The molecule has 0 aliphatic rings. The molecule has 1 heterocycles. The lowest BCUT2D eigenvalue weighted by Gasteiger charge is -2.11. The van der Waals surface area contributed by atoms with Crippen molar-refractivity contribution in [2.24, 2.45) is 0 Å². The van der Waals surface area contributed by atoms with Crippen LogP contribution in [0.25, 0.3) is 10.9 Å². The maximum atomic E-state index is 12.9. The van der Waals surface area contributed by atoms with Crippen LogP contribution in [0.2, 0.25) is 5.02 Å². The quantitative estimate of drug-likeness (QED) is 0.567. The van der Waals surface area contributed by atoms with Crippen molar-refractivity contribution in [1.29, 1.82) is 0 Å². The number of benzene rings is 2. The Morgan fingerprint density at radius 1 is 1.07 bits per heavy atom. The van der Waals surface area contributed by atoms with Crippen molar-refractivity contribution in [3.8, 4) is 0 Å². The maximum Gasteiger partial charge on any atom is 0.417 e. The summed E-state index contributed by atoms with van der Waals surface area (Å²) in [5.74, 6) is -2.00. The third-order valence-corrected chi connectivity index (χ3v) is 4.42. The van der Waals surface area contributed by atoms with E-state index in [1.54, 1.807) is 0 Å². The number of nitrogens with one attached hydrogen (secondary N) is 3. The lowest BCUT2D eigenvalue weighted by molar-refractivity contribution is -0.137. The topological polar surface area (TPSA) is 74.0 Å². The molecule has 0 radical (unpaired) electrons. The number of aromatic amines is 1. The molecule has 9 heteroatoms. The second-order valence-electron chi connectivity index (χ2n) is 6.01. The van der Waals surface area contributed by atoms with Gasteiger partial charge in [0.2, 0.25) is 0 Å². The molecule has 3 aromatic rings. The molecule has 0 saturated heterocycles. The van der Waals surface area contributed by atoms with Crippen molar-refractivity contribution in [2.75, 3.05) is 11.9 Å². The first kappa shape index (κ1) is 19.8. The van der Waals surface area contributed by atoms with Crippen LogP contribution in [0.3, 0.4) is 0 Å². The van der Waals surface area contributed by atoms with Crippen LogP contribution in [-0.2, 0) is 22.2 Å². The summed E-state index contributed by atoms with van der Waals surface area (Å²) in [4.78, 5) is 26.9. The number of carbonyl (C=O) groups is 2. The molecule has 0 bridgehead atoms. The van der Waals surface area contributed by atoms with Crippen LogP contribution in [0, 0.1) is 0 Å². The summed E-state index contributed by atoms with van der Waals surface area (Å²) in [6.07, 6.45) is -2.36. The fourth-order valence-corrected chi connectivity index (χ4v) is 2.96. The smallest absolute Gasteiger partial charge is 0.361 e. The van der Waals surface area contributed by atoms with Crippen LogP contribution < -0.4 is 10.6 Å². The number of aromatic nitrogens is 1. The van der Waals surface area contributed by atoms with E-state index in [-0.39, 0.29) is 12.2 Å². The summed E-state index contributed by atoms with van der Waals surface area (Å²) < 4.78 is 38.6. The van der Waals surface area contributed by atoms with Gasteiger partial charge in [-0.25, -0.2) is 0 Å². The van der Waals surface area contributed by atoms with Crippen LogP contribution in [0.1, 0.15) is 11.1 Å². The van der Waals surface area contributed by atoms with E-state index < -0.39 is 28.6 Å². The number of rotatable bonds is 4. The molecule has 28 heavy (non-hydrogen) atoms. The Morgan fingerprint density at radius 2 is 1.82 bits per heavy atom. The van der Waals surface area contributed by atoms with Gasteiger partial charge in [-0.1, -0.05) is 29.8 Å². The molecule has 3 N–H and O–H groups in total. The zero-order valence-corrected chi connectivity index (χ0v) is 15.1. The van der Waals surface area contributed by atoms with Gasteiger partial charge in [0.15, 0.2) is 0 Å². The Bertz CT molecular complexity index is 1030. The number of para-hydroxylation sites is 1. The van der Waals surface area contributed by atoms with Crippen LogP contribution >= 0.6 is 11.6 Å². The molecule has 5 nitrogen and oxygen atoms in total. The molecule has 0 fully saturated rings. The van der Waals surface area contributed by atoms with E-state index in [4.69, 9.17) is 11.6 Å². The van der Waals surface area contributed by atoms with Crippen LogP contribution in [0.5, 0.6) is 0 Å². The average molecular weight is 410 g/mol. The molecule has 0 atom stereocenters. The minimum Gasteiger partial charge on any atom is -0.361 e. The first-order valence-electron chi connectivity index (χ1n) is 8.26. The first-order valence-corrected chi connectivity index (χ1v) is 8.64. The van der Waals surface area contributed by atoms with Gasteiger partial charge in [0.05, 0.1) is 10.6 Å². The Kier molecular flexibility index (Phi) is 5.60. The second kappa shape index (κ2) is 7.93. The van der Waals surface area contributed by atoms with E-state index in [2.05, 4.69) is 15.6 Å². The zero-order valence-electron chi connectivity index (χ0n) is 14.4. The second-order valence-corrected chi connectivity index (χ2v) is 6.42. The maximum absolute atomic E-state index is 12.9. The molecule has 0 unspecified atom stereocenters. The van der Waals surface area contributed by atoms with Gasteiger partial charge in [0.25, 0.3) is 0 Å². The highest BCUT2D eigenvalue weighted by Crippen LogP contribution is 2.36. The summed E-state index contributed by atoms with van der Waals surface area (Å²) in [5.41, 5.74) is 0.675. The number of amides is 2. The highest BCUT2D eigenvalue weighted by atomic mass is 35.5. The van der Waals surface area contributed by atoms with Crippen molar-refractivity contribution in [1.82, 2.24) is 10.3 Å². The third kappa shape index (κ3) is 4.45. The SMILES string of the molecule is O=C(NCCc1c[nH]c2ccccc12)C(=O)Nc1ccc(Cl)c(C(F)(F)F)c1. The largest absolute Gasteiger partial charge is 0.417 e. The van der Waals surface area contributed by atoms with Crippen molar-refractivity contribution < 1.29 is 22.8 Å². The minimum absolute atomic E-state index is 0.173. The molecule has 146 valence electrons. The van der Waals surface area contributed by atoms with E-state index in [1.807, 2.05) is 30.5 Å². The lowest BCUT2D eigenvalue weighted by Crippen LogP contribution is -2.36. The number of anilines is 1. The normalized spacial score (nSPS) is 11.4. The summed E-state index contributed by atoms with van der Waals surface area (Å²) in [6, 6.07) is 10.5. The van der Waals surface area contributed by atoms with Gasteiger partial charge in [0.1, 0.15) is 0 Å². The molecule has 0 aliphatic heterocycles. The van der Waals surface area contributed by atoms with Crippen molar-refractivity contribution in [3.05, 3.63) is 64.8 Å². The number of halogens is 4. The lowest BCUT2D eigenvalue weighted by atomic mass is 10.1. The number of carbonyl (C=O) groups excluding carboxylic acids is 2. The van der Waals surface area contributed by atoms with E-state index in [9.17, 15) is 22.8 Å². The monoisotopic (exact) mass is 409 g/mol. The molecule has 0 saturated carbocycles. The van der Waals surface area contributed by atoms with Gasteiger partial charge in [-0.05, 0) is 36.2 Å². The molecular weight excluding hydrogens is 395 g/mol. The van der Waals surface area contributed by atoms with Gasteiger partial charge in [-0.15, -0.1) is 0 Å². The third-order valence-electron chi connectivity index (χ3n) is 4.09. The first-order chi connectivity index (χ1) is 13.3. The molecular formula is C19H15ClF3N3O2. The van der Waals surface area contributed by atoms with Gasteiger partial charge in [-0.3, -0.25) is 9.59 Å². The molecule has 0 aliphatic carbocycles. The standard InChI is InChI=1S/C19H15ClF3N3O2/c20-15-6-5-12(9-14(15)19(21,22)23)26-18(28)17(27)24-8-7-11-10-25-16-4-2-1-3-13(11)16/h1-6,9-10,25H,7-8H2,(H,24,27)(H,26,28). The van der Waals surface area contributed by atoms with Gasteiger partial charge >= 0.3 is 18.0 Å².